The molecule has 0 aliphatic carbocycles. The van der Waals surface area contributed by atoms with E-state index in [9.17, 15) is 14.4 Å². The summed E-state index contributed by atoms with van der Waals surface area (Å²) in [5.74, 6) is -0.789. The van der Waals surface area contributed by atoms with Crippen LogP contribution >= 0.6 is 11.3 Å². The molecular formula is C14H18N2O4S. The van der Waals surface area contributed by atoms with Gasteiger partial charge in [-0.1, -0.05) is 13.8 Å². The Morgan fingerprint density at radius 1 is 1.38 bits per heavy atom. The quantitative estimate of drug-likeness (QED) is 0.849. The Kier molecular flexibility index (Phi) is 4.62. The lowest BCUT2D eigenvalue weighted by molar-refractivity contribution is -0.129. The SMILES string of the molecule is COC(=O)c1ccc(C(=O)N2CCNC(=O)[C@@H]2C(C)C)s1. The minimum Gasteiger partial charge on any atom is -0.465 e. The Morgan fingerprint density at radius 3 is 2.67 bits per heavy atom. The van der Waals surface area contributed by atoms with Gasteiger partial charge in [-0.3, -0.25) is 9.59 Å². The summed E-state index contributed by atoms with van der Waals surface area (Å²) in [6.45, 7) is 4.73. The fourth-order valence-electron chi connectivity index (χ4n) is 2.38. The van der Waals surface area contributed by atoms with Crippen LogP contribution in [-0.2, 0) is 9.53 Å². The molecule has 21 heavy (non-hydrogen) atoms. The number of thiophene rings is 1. The topological polar surface area (TPSA) is 75.7 Å². The first-order valence-corrected chi connectivity index (χ1v) is 7.54. The maximum Gasteiger partial charge on any atom is 0.348 e. The molecule has 1 aromatic heterocycles. The van der Waals surface area contributed by atoms with Crippen molar-refractivity contribution in [2.75, 3.05) is 20.2 Å². The summed E-state index contributed by atoms with van der Waals surface area (Å²) in [6.07, 6.45) is 0. The van der Waals surface area contributed by atoms with E-state index in [2.05, 4.69) is 10.1 Å². The van der Waals surface area contributed by atoms with Gasteiger partial charge in [0.25, 0.3) is 5.91 Å². The van der Waals surface area contributed by atoms with E-state index in [1.54, 1.807) is 17.0 Å². The van der Waals surface area contributed by atoms with Crippen LogP contribution in [0.25, 0.3) is 0 Å². The van der Waals surface area contributed by atoms with Crippen molar-refractivity contribution >= 4 is 29.1 Å². The van der Waals surface area contributed by atoms with Gasteiger partial charge in [0.1, 0.15) is 10.9 Å². The predicted molar refractivity (Wildman–Crippen MR) is 78.3 cm³/mol. The second-order valence-corrected chi connectivity index (χ2v) is 6.22. The van der Waals surface area contributed by atoms with E-state index in [0.29, 0.717) is 22.8 Å². The molecule has 2 rings (SSSR count). The van der Waals surface area contributed by atoms with Crippen molar-refractivity contribution in [1.82, 2.24) is 10.2 Å². The molecular weight excluding hydrogens is 292 g/mol. The number of carbonyl (C=O) groups excluding carboxylic acids is 3. The van der Waals surface area contributed by atoms with Crippen molar-refractivity contribution in [1.29, 1.82) is 0 Å². The van der Waals surface area contributed by atoms with Crippen molar-refractivity contribution in [2.24, 2.45) is 5.92 Å². The molecule has 0 aromatic carbocycles. The van der Waals surface area contributed by atoms with E-state index in [4.69, 9.17) is 0 Å². The van der Waals surface area contributed by atoms with Gasteiger partial charge in [0.05, 0.1) is 12.0 Å². The summed E-state index contributed by atoms with van der Waals surface area (Å²) in [4.78, 5) is 38.4. The molecule has 0 bridgehead atoms. The van der Waals surface area contributed by atoms with Gasteiger partial charge in [-0.05, 0) is 18.1 Å². The van der Waals surface area contributed by atoms with Crippen molar-refractivity contribution in [3.63, 3.8) is 0 Å². The number of piperazine rings is 1. The second-order valence-electron chi connectivity index (χ2n) is 5.13. The summed E-state index contributed by atoms with van der Waals surface area (Å²) in [5, 5.41) is 2.78. The molecule has 0 unspecified atom stereocenters. The first-order chi connectivity index (χ1) is 9.95. The molecule has 1 aliphatic heterocycles. The Labute approximate surface area is 127 Å². The minimum atomic E-state index is -0.477. The van der Waals surface area contributed by atoms with E-state index < -0.39 is 12.0 Å². The smallest absolute Gasteiger partial charge is 0.348 e. The zero-order chi connectivity index (χ0) is 15.6. The van der Waals surface area contributed by atoms with Gasteiger partial charge in [-0.25, -0.2) is 4.79 Å². The molecule has 1 aliphatic rings. The lowest BCUT2D eigenvalue weighted by Crippen LogP contribution is -2.59. The molecule has 1 N–H and O–H groups in total. The third-order valence-corrected chi connectivity index (χ3v) is 4.41. The normalized spacial score (nSPS) is 18.6. The van der Waals surface area contributed by atoms with Crippen LogP contribution in [0.2, 0.25) is 0 Å². The standard InChI is InChI=1S/C14H18N2O4S/c1-8(2)11-12(17)15-6-7-16(11)13(18)9-4-5-10(21-9)14(19)20-3/h4-5,8,11H,6-7H2,1-3H3,(H,15,17)/t11-/m0/s1. The third-order valence-electron chi connectivity index (χ3n) is 3.35. The summed E-state index contributed by atoms with van der Waals surface area (Å²) >= 11 is 1.08. The van der Waals surface area contributed by atoms with E-state index in [-0.39, 0.29) is 17.7 Å². The van der Waals surface area contributed by atoms with Crippen LogP contribution in [0.1, 0.15) is 33.2 Å². The summed E-state index contributed by atoms with van der Waals surface area (Å²) in [5.41, 5.74) is 0. The van der Waals surface area contributed by atoms with Gasteiger partial charge < -0.3 is 15.0 Å². The number of nitrogens with one attached hydrogen (secondary N) is 1. The molecule has 0 spiro atoms. The number of rotatable bonds is 3. The van der Waals surface area contributed by atoms with Crippen LogP contribution in [0.4, 0.5) is 0 Å². The van der Waals surface area contributed by atoms with Crippen LogP contribution < -0.4 is 5.32 Å². The first kappa shape index (κ1) is 15.5. The number of hydrogen-bond donors (Lipinski definition) is 1. The van der Waals surface area contributed by atoms with Crippen molar-refractivity contribution < 1.29 is 19.1 Å². The highest BCUT2D eigenvalue weighted by Crippen LogP contribution is 2.23. The fourth-order valence-corrected chi connectivity index (χ4v) is 3.26. The highest BCUT2D eigenvalue weighted by Gasteiger charge is 2.36. The second kappa shape index (κ2) is 6.26. The Hall–Kier alpha value is -1.89. The lowest BCUT2D eigenvalue weighted by Gasteiger charge is -2.37. The van der Waals surface area contributed by atoms with Crippen LogP contribution in [0.3, 0.4) is 0 Å². The summed E-state index contributed by atoms with van der Waals surface area (Å²) < 4.78 is 4.63. The molecule has 2 heterocycles. The van der Waals surface area contributed by atoms with Crippen LogP contribution in [-0.4, -0.2) is 48.9 Å². The van der Waals surface area contributed by atoms with Gasteiger partial charge in [0.15, 0.2) is 0 Å². The zero-order valence-corrected chi connectivity index (χ0v) is 13.0. The number of hydrogen-bond acceptors (Lipinski definition) is 5. The van der Waals surface area contributed by atoms with E-state index in [1.807, 2.05) is 13.8 Å². The molecule has 0 radical (unpaired) electrons. The lowest BCUT2D eigenvalue weighted by atomic mass is 9.99. The molecule has 0 saturated carbocycles. The fraction of sp³-hybridized carbons (Fsp3) is 0.500. The number of nitrogens with zero attached hydrogens (tertiary/aromatic N) is 1. The number of ether oxygens (including phenoxy) is 1. The molecule has 1 fully saturated rings. The molecule has 1 atom stereocenters. The van der Waals surface area contributed by atoms with Gasteiger partial charge in [-0.15, -0.1) is 11.3 Å². The van der Waals surface area contributed by atoms with Gasteiger partial charge >= 0.3 is 5.97 Å². The maximum absolute atomic E-state index is 12.6. The van der Waals surface area contributed by atoms with Gasteiger partial charge in [-0.2, -0.15) is 0 Å². The zero-order valence-electron chi connectivity index (χ0n) is 12.2. The summed E-state index contributed by atoms with van der Waals surface area (Å²) in [7, 11) is 1.30. The number of amides is 2. The number of esters is 1. The highest BCUT2D eigenvalue weighted by atomic mass is 32.1. The van der Waals surface area contributed by atoms with E-state index >= 15 is 0 Å². The molecule has 1 saturated heterocycles. The minimum absolute atomic E-state index is 0.0225. The largest absolute Gasteiger partial charge is 0.465 e. The first-order valence-electron chi connectivity index (χ1n) is 6.72. The molecule has 7 heteroatoms. The Balaban J connectivity index is 2.23. The highest BCUT2D eigenvalue weighted by molar-refractivity contribution is 7.15. The molecule has 1 aromatic rings. The van der Waals surface area contributed by atoms with Crippen LogP contribution in [0, 0.1) is 5.92 Å². The third kappa shape index (κ3) is 3.07. The maximum atomic E-state index is 12.6. The predicted octanol–water partition coefficient (Wildman–Crippen LogP) is 1.13. The summed E-state index contributed by atoms with van der Waals surface area (Å²) in [6, 6.07) is 2.69. The van der Waals surface area contributed by atoms with E-state index in [1.165, 1.54) is 7.11 Å². The average Bonchev–Trinajstić information content (AvgIpc) is 2.94. The average molecular weight is 310 g/mol. The molecule has 2 amide bonds. The van der Waals surface area contributed by atoms with Gasteiger partial charge in [0, 0.05) is 13.1 Å². The van der Waals surface area contributed by atoms with Gasteiger partial charge in [0.2, 0.25) is 5.91 Å². The van der Waals surface area contributed by atoms with Crippen LogP contribution in [0.5, 0.6) is 0 Å². The number of carbonyl (C=O) groups is 3. The molecule has 114 valence electrons. The Bertz CT molecular complexity index is 567. The van der Waals surface area contributed by atoms with Crippen LogP contribution in [0.15, 0.2) is 12.1 Å². The van der Waals surface area contributed by atoms with Crippen molar-refractivity contribution in [3.8, 4) is 0 Å². The molecule has 6 nitrogen and oxygen atoms in total. The van der Waals surface area contributed by atoms with Crippen molar-refractivity contribution in [3.05, 3.63) is 21.9 Å². The monoisotopic (exact) mass is 310 g/mol. The van der Waals surface area contributed by atoms with E-state index in [0.717, 1.165) is 11.3 Å². The number of methoxy groups -OCH3 is 1. The Morgan fingerprint density at radius 2 is 2.05 bits per heavy atom. The van der Waals surface area contributed by atoms with Crippen molar-refractivity contribution in [2.45, 2.75) is 19.9 Å².